The van der Waals surface area contributed by atoms with Gasteiger partial charge in [-0.3, -0.25) is 4.57 Å². The molecule has 4 atom stereocenters. The molecule has 0 saturated carbocycles. The number of alkyl halides is 3. The van der Waals surface area contributed by atoms with Crippen LogP contribution in [0, 0.1) is 0 Å². The lowest BCUT2D eigenvalue weighted by Gasteiger charge is -2.27. The first-order chi connectivity index (χ1) is 19.3. The van der Waals surface area contributed by atoms with E-state index < -0.39 is 40.9 Å². The average molecular weight is 599 g/mol. The molecule has 2 saturated heterocycles. The summed E-state index contributed by atoms with van der Waals surface area (Å²) in [6, 6.07) is 2.57. The number of carbonyl (C=O) groups is 1. The number of likely N-dealkylation sites (N-methyl/N-ethyl adjacent to an activating group) is 1. The zero-order chi connectivity index (χ0) is 29.5. The van der Waals surface area contributed by atoms with Crippen LogP contribution >= 0.6 is 11.6 Å². The molecule has 41 heavy (non-hydrogen) atoms. The highest BCUT2D eigenvalue weighted by Gasteiger charge is 2.56. The summed E-state index contributed by atoms with van der Waals surface area (Å²) in [6.07, 6.45) is -2.72. The Labute approximate surface area is 238 Å². The predicted octanol–water partition coefficient (Wildman–Crippen LogP) is 3.64. The van der Waals surface area contributed by atoms with Gasteiger partial charge in [0.15, 0.2) is 23.5 Å². The number of amides is 2. The van der Waals surface area contributed by atoms with Gasteiger partial charge in [-0.15, -0.1) is 0 Å². The number of hydrogen-bond acceptors (Lipinski definition) is 9. The second kappa shape index (κ2) is 11.2. The Kier molecular flexibility index (Phi) is 8.00. The molecule has 4 heterocycles. The summed E-state index contributed by atoms with van der Waals surface area (Å²) in [4.78, 5) is 26.9. The number of anilines is 2. The summed E-state index contributed by atoms with van der Waals surface area (Å²) in [7, 11) is 1.92. The highest BCUT2D eigenvalue weighted by Crippen LogP contribution is 2.44. The molecule has 0 spiro atoms. The summed E-state index contributed by atoms with van der Waals surface area (Å²) in [6.45, 7) is 5.10. The number of halogens is 4. The van der Waals surface area contributed by atoms with E-state index in [0.29, 0.717) is 37.2 Å². The number of ether oxygens (including phenoxy) is 3. The van der Waals surface area contributed by atoms with E-state index in [4.69, 9.17) is 31.5 Å². The Morgan fingerprint density at radius 3 is 2.73 bits per heavy atom. The molecule has 2 fully saturated rings. The van der Waals surface area contributed by atoms with Gasteiger partial charge in [-0.05, 0) is 52.1 Å². The average Bonchev–Trinajstić information content (AvgIpc) is 3.54. The van der Waals surface area contributed by atoms with Crippen molar-refractivity contribution in [1.29, 1.82) is 0 Å². The number of urea groups is 1. The van der Waals surface area contributed by atoms with Gasteiger partial charge in [0.05, 0.1) is 16.9 Å². The topological polar surface area (TPSA) is 142 Å². The summed E-state index contributed by atoms with van der Waals surface area (Å²) in [5.41, 5.74) is 5.92. The van der Waals surface area contributed by atoms with Crippen LogP contribution in [0.2, 0.25) is 5.02 Å². The molecule has 2 aromatic heterocycles. The van der Waals surface area contributed by atoms with Crippen molar-refractivity contribution in [2.75, 3.05) is 37.7 Å². The molecule has 1 aromatic carbocycles. The van der Waals surface area contributed by atoms with Gasteiger partial charge >= 0.3 is 12.2 Å². The second-order valence-electron chi connectivity index (χ2n) is 10.4. The lowest BCUT2D eigenvalue weighted by molar-refractivity contribution is -0.197. The maximum atomic E-state index is 13.1. The van der Waals surface area contributed by atoms with Crippen molar-refractivity contribution in [2.45, 2.75) is 56.8 Å². The van der Waals surface area contributed by atoms with Crippen molar-refractivity contribution >= 4 is 40.3 Å². The Morgan fingerprint density at radius 1 is 1.22 bits per heavy atom. The zero-order valence-electron chi connectivity index (χ0n) is 22.5. The van der Waals surface area contributed by atoms with Gasteiger partial charge in [-0.25, -0.2) is 19.7 Å². The molecule has 0 aliphatic carbocycles. The van der Waals surface area contributed by atoms with Crippen LogP contribution in [-0.2, 0) is 20.4 Å². The number of nitrogens with one attached hydrogen (secondary N) is 2. The molecule has 4 N–H and O–H groups in total. The van der Waals surface area contributed by atoms with E-state index in [1.807, 2.05) is 25.8 Å². The largest absolute Gasteiger partial charge is 0.417 e. The van der Waals surface area contributed by atoms with E-state index in [2.05, 4.69) is 25.6 Å². The maximum absolute atomic E-state index is 13.1. The smallest absolute Gasteiger partial charge is 0.382 e. The van der Waals surface area contributed by atoms with Crippen LogP contribution in [0.25, 0.3) is 11.2 Å². The fourth-order valence-corrected chi connectivity index (χ4v) is 5.26. The van der Waals surface area contributed by atoms with Crippen LogP contribution < -0.4 is 16.4 Å². The van der Waals surface area contributed by atoms with Crippen molar-refractivity contribution in [3.63, 3.8) is 0 Å². The number of rotatable bonds is 8. The van der Waals surface area contributed by atoms with E-state index in [0.717, 1.165) is 12.1 Å². The Bertz CT molecular complexity index is 1420. The molecular weight excluding hydrogens is 569 g/mol. The SMILES string of the molecule is CN(CCCNC(=O)Nc1ccc(Cl)c(C(F)(F)F)c1)C[C@H]1O[C@@H](n2cnc3c(N)ncnc32)[C@@H]2OC(C)(C)O[C@@H]21. The number of imidazole rings is 1. The summed E-state index contributed by atoms with van der Waals surface area (Å²) in [5.74, 6) is -0.536. The third kappa shape index (κ3) is 6.33. The molecule has 2 aliphatic rings. The van der Waals surface area contributed by atoms with Crippen molar-refractivity contribution in [2.24, 2.45) is 0 Å². The highest BCUT2D eigenvalue weighted by molar-refractivity contribution is 6.31. The number of nitrogen functional groups attached to an aromatic ring is 1. The van der Waals surface area contributed by atoms with Crippen LogP contribution in [0.15, 0.2) is 30.9 Å². The number of benzene rings is 1. The molecule has 2 amide bonds. The minimum atomic E-state index is -4.63. The van der Waals surface area contributed by atoms with E-state index >= 15 is 0 Å². The van der Waals surface area contributed by atoms with Crippen molar-refractivity contribution < 1.29 is 32.2 Å². The van der Waals surface area contributed by atoms with Gasteiger partial charge < -0.3 is 35.5 Å². The maximum Gasteiger partial charge on any atom is 0.417 e. The van der Waals surface area contributed by atoms with Crippen LogP contribution in [0.3, 0.4) is 0 Å². The second-order valence-corrected chi connectivity index (χ2v) is 10.8. The first-order valence-corrected chi connectivity index (χ1v) is 13.2. The number of fused-ring (bicyclic) bond motifs is 2. The van der Waals surface area contributed by atoms with Gasteiger partial charge in [0.2, 0.25) is 0 Å². The minimum Gasteiger partial charge on any atom is -0.382 e. The number of nitrogens with zero attached hydrogens (tertiary/aromatic N) is 5. The monoisotopic (exact) mass is 598 g/mol. The standard InChI is InChI=1S/C25H30ClF3N8O4/c1-24(2)40-18-16(39-22(19(18)41-24)37-12-34-17-20(30)32-11-33-21(17)37)10-36(3)8-4-7-31-23(38)35-13-5-6-15(26)14(9-13)25(27,28)29/h5-6,9,11-12,16,18-19,22H,4,7-8,10H2,1-3H3,(H2,30,32,33)(H2,31,35,38)/t16-,18-,19-,22-/m1/s1. The van der Waals surface area contributed by atoms with Crippen molar-refractivity contribution in [3.05, 3.63) is 41.4 Å². The normalized spacial score (nSPS) is 23.7. The third-order valence-electron chi connectivity index (χ3n) is 6.81. The molecule has 16 heteroatoms. The fourth-order valence-electron chi connectivity index (χ4n) is 5.03. The van der Waals surface area contributed by atoms with Crippen LogP contribution in [0.5, 0.6) is 0 Å². The van der Waals surface area contributed by atoms with E-state index in [-0.39, 0.29) is 23.7 Å². The summed E-state index contributed by atoms with van der Waals surface area (Å²) >= 11 is 5.63. The van der Waals surface area contributed by atoms with E-state index in [1.54, 1.807) is 10.9 Å². The minimum absolute atomic E-state index is 0.0136. The van der Waals surface area contributed by atoms with Gasteiger partial charge in [0, 0.05) is 18.8 Å². The molecule has 222 valence electrons. The van der Waals surface area contributed by atoms with Gasteiger partial charge in [0.1, 0.15) is 30.2 Å². The summed E-state index contributed by atoms with van der Waals surface area (Å²) < 4.78 is 59.7. The first kappa shape index (κ1) is 29.3. The van der Waals surface area contributed by atoms with E-state index in [1.165, 1.54) is 12.4 Å². The molecule has 0 unspecified atom stereocenters. The van der Waals surface area contributed by atoms with Crippen molar-refractivity contribution in [3.8, 4) is 0 Å². The molecule has 2 aliphatic heterocycles. The summed E-state index contributed by atoms with van der Waals surface area (Å²) in [5, 5.41) is 4.61. The third-order valence-corrected chi connectivity index (χ3v) is 7.14. The first-order valence-electron chi connectivity index (χ1n) is 12.9. The van der Waals surface area contributed by atoms with Gasteiger partial charge in [-0.2, -0.15) is 13.2 Å². The van der Waals surface area contributed by atoms with Gasteiger partial charge in [-0.1, -0.05) is 11.6 Å². The van der Waals surface area contributed by atoms with E-state index in [9.17, 15) is 18.0 Å². The lowest BCUT2D eigenvalue weighted by Crippen LogP contribution is -2.39. The predicted molar refractivity (Wildman–Crippen MR) is 143 cm³/mol. The molecule has 12 nitrogen and oxygen atoms in total. The Morgan fingerprint density at radius 2 is 1.98 bits per heavy atom. The molecule has 5 rings (SSSR count). The number of carbonyl (C=O) groups excluding carboxylic acids is 1. The highest BCUT2D eigenvalue weighted by atomic mass is 35.5. The number of hydrogen-bond donors (Lipinski definition) is 3. The van der Waals surface area contributed by atoms with Crippen LogP contribution in [0.1, 0.15) is 32.1 Å². The number of aromatic nitrogens is 4. The molecule has 0 radical (unpaired) electrons. The quantitative estimate of drug-likeness (QED) is 0.331. The Balaban J connectivity index is 1.14. The molecule has 3 aromatic rings. The van der Waals surface area contributed by atoms with Crippen molar-refractivity contribution in [1.82, 2.24) is 29.7 Å². The van der Waals surface area contributed by atoms with Gasteiger partial charge in [0.25, 0.3) is 0 Å². The van der Waals surface area contributed by atoms with Crippen LogP contribution in [-0.4, -0.2) is 81.2 Å². The zero-order valence-corrected chi connectivity index (χ0v) is 23.2. The van der Waals surface area contributed by atoms with Crippen LogP contribution in [0.4, 0.5) is 29.5 Å². The Hall–Kier alpha value is -3.24. The number of nitrogens with two attached hydrogens (primary N) is 1. The lowest BCUT2D eigenvalue weighted by atomic mass is 10.1. The molecule has 0 bridgehead atoms. The molecular formula is C25H30ClF3N8O4. The fraction of sp³-hybridized carbons (Fsp3) is 0.520.